The minimum atomic E-state index is 0.303. The Balaban J connectivity index is 1.69. The highest BCUT2D eigenvalue weighted by Crippen LogP contribution is 2.19. The van der Waals surface area contributed by atoms with Crippen molar-refractivity contribution in [1.29, 1.82) is 5.41 Å². The van der Waals surface area contributed by atoms with Gasteiger partial charge in [-0.2, -0.15) is 0 Å². The first-order valence-corrected chi connectivity index (χ1v) is 7.59. The van der Waals surface area contributed by atoms with Crippen LogP contribution >= 0.6 is 11.6 Å². The predicted molar refractivity (Wildman–Crippen MR) is 85.9 cm³/mol. The van der Waals surface area contributed by atoms with Gasteiger partial charge in [0.15, 0.2) is 0 Å². The zero-order chi connectivity index (χ0) is 14.4. The van der Waals surface area contributed by atoms with Crippen molar-refractivity contribution in [1.82, 2.24) is 4.90 Å². The van der Waals surface area contributed by atoms with Crippen molar-refractivity contribution in [2.24, 2.45) is 5.73 Å². The first kappa shape index (κ1) is 15.1. The molecule has 0 amide bonds. The number of piperazine rings is 1. The first-order chi connectivity index (χ1) is 9.65. The Kier molecular flexibility index (Phi) is 5.68. The summed E-state index contributed by atoms with van der Waals surface area (Å²) in [6.07, 6.45) is 2.87. The minimum absolute atomic E-state index is 0.303. The molecule has 1 saturated heterocycles. The van der Waals surface area contributed by atoms with Gasteiger partial charge in [0.25, 0.3) is 0 Å². The van der Waals surface area contributed by atoms with E-state index in [2.05, 4.69) is 21.9 Å². The highest BCUT2D eigenvalue weighted by Gasteiger charge is 2.16. The molecule has 0 unspecified atom stereocenters. The van der Waals surface area contributed by atoms with Gasteiger partial charge in [0.05, 0.1) is 5.84 Å². The molecule has 1 aliphatic heterocycles. The number of benzene rings is 1. The zero-order valence-corrected chi connectivity index (χ0v) is 12.6. The van der Waals surface area contributed by atoms with E-state index in [0.29, 0.717) is 5.84 Å². The number of anilines is 1. The molecule has 2 rings (SSSR count). The minimum Gasteiger partial charge on any atom is -0.388 e. The van der Waals surface area contributed by atoms with Crippen molar-refractivity contribution in [2.45, 2.75) is 19.3 Å². The first-order valence-electron chi connectivity index (χ1n) is 7.21. The average molecular weight is 295 g/mol. The maximum Gasteiger partial charge on any atom is 0.0905 e. The zero-order valence-electron chi connectivity index (χ0n) is 11.8. The van der Waals surface area contributed by atoms with Crippen LogP contribution in [0.4, 0.5) is 5.69 Å². The van der Waals surface area contributed by atoms with Crippen LogP contribution in [0.1, 0.15) is 19.3 Å². The van der Waals surface area contributed by atoms with Gasteiger partial charge >= 0.3 is 0 Å². The topological polar surface area (TPSA) is 56.4 Å². The van der Waals surface area contributed by atoms with Crippen molar-refractivity contribution < 1.29 is 0 Å². The van der Waals surface area contributed by atoms with E-state index in [9.17, 15) is 0 Å². The van der Waals surface area contributed by atoms with Gasteiger partial charge in [-0.1, -0.05) is 11.6 Å². The van der Waals surface area contributed by atoms with Crippen molar-refractivity contribution in [3.63, 3.8) is 0 Å². The summed E-state index contributed by atoms with van der Waals surface area (Å²) in [6, 6.07) is 8.08. The molecule has 1 aromatic rings. The molecule has 1 heterocycles. The van der Waals surface area contributed by atoms with Crippen LogP contribution < -0.4 is 10.6 Å². The van der Waals surface area contributed by atoms with Gasteiger partial charge in [0.2, 0.25) is 0 Å². The van der Waals surface area contributed by atoms with Crippen LogP contribution in [-0.4, -0.2) is 43.5 Å². The Bertz CT molecular complexity index is 424. The molecule has 110 valence electrons. The third-order valence-corrected chi connectivity index (χ3v) is 3.99. The lowest BCUT2D eigenvalue weighted by atomic mass is 10.2. The smallest absolute Gasteiger partial charge is 0.0905 e. The van der Waals surface area contributed by atoms with E-state index in [-0.39, 0.29) is 0 Å². The molecular weight excluding hydrogens is 272 g/mol. The SMILES string of the molecule is N=C(N)CCCCN1CCN(c2ccc(Cl)cc2)CC1. The molecule has 0 aliphatic carbocycles. The molecule has 0 atom stereocenters. The van der Waals surface area contributed by atoms with Crippen molar-refractivity contribution in [2.75, 3.05) is 37.6 Å². The standard InChI is InChI=1S/C15H23ClN4/c16-13-4-6-14(7-5-13)20-11-9-19(10-12-20)8-2-1-3-15(17)18/h4-7H,1-3,8-12H2,(H3,17,18). The summed E-state index contributed by atoms with van der Waals surface area (Å²) in [5, 5.41) is 7.99. The fourth-order valence-corrected chi connectivity index (χ4v) is 2.66. The molecule has 20 heavy (non-hydrogen) atoms. The van der Waals surface area contributed by atoms with Crippen LogP contribution in [0.15, 0.2) is 24.3 Å². The quantitative estimate of drug-likeness (QED) is 0.482. The molecule has 0 spiro atoms. The second kappa shape index (κ2) is 7.50. The molecule has 0 radical (unpaired) electrons. The molecule has 4 nitrogen and oxygen atoms in total. The van der Waals surface area contributed by atoms with Crippen LogP contribution in [0.5, 0.6) is 0 Å². The Labute approximate surface area is 126 Å². The molecule has 1 aromatic carbocycles. The number of hydrogen-bond donors (Lipinski definition) is 2. The second-order valence-electron chi connectivity index (χ2n) is 5.29. The van der Waals surface area contributed by atoms with Crippen LogP contribution in [0.25, 0.3) is 0 Å². The van der Waals surface area contributed by atoms with Gasteiger partial charge in [0.1, 0.15) is 0 Å². The third kappa shape index (κ3) is 4.69. The number of nitrogens with zero attached hydrogens (tertiary/aromatic N) is 2. The van der Waals surface area contributed by atoms with Crippen LogP contribution in [0.3, 0.4) is 0 Å². The van der Waals surface area contributed by atoms with Crippen LogP contribution in [0, 0.1) is 5.41 Å². The lowest BCUT2D eigenvalue weighted by molar-refractivity contribution is 0.253. The summed E-state index contributed by atoms with van der Waals surface area (Å²) >= 11 is 5.92. The largest absolute Gasteiger partial charge is 0.388 e. The van der Waals surface area contributed by atoms with Crippen LogP contribution in [0.2, 0.25) is 5.02 Å². The van der Waals surface area contributed by atoms with E-state index in [1.807, 2.05) is 12.1 Å². The van der Waals surface area contributed by atoms with Gasteiger partial charge in [-0.15, -0.1) is 0 Å². The normalized spacial score (nSPS) is 16.4. The Morgan fingerprint density at radius 2 is 1.75 bits per heavy atom. The van der Waals surface area contributed by atoms with Gasteiger partial charge < -0.3 is 10.6 Å². The van der Waals surface area contributed by atoms with Crippen molar-refractivity contribution in [3.8, 4) is 0 Å². The molecule has 0 bridgehead atoms. The molecule has 1 fully saturated rings. The van der Waals surface area contributed by atoms with Crippen molar-refractivity contribution in [3.05, 3.63) is 29.3 Å². The third-order valence-electron chi connectivity index (χ3n) is 3.73. The monoisotopic (exact) mass is 294 g/mol. The lowest BCUT2D eigenvalue weighted by Crippen LogP contribution is -2.46. The van der Waals surface area contributed by atoms with E-state index in [1.165, 1.54) is 5.69 Å². The predicted octanol–water partition coefficient (Wildman–Crippen LogP) is 2.57. The lowest BCUT2D eigenvalue weighted by Gasteiger charge is -2.36. The van der Waals surface area contributed by atoms with E-state index in [1.54, 1.807) is 0 Å². The van der Waals surface area contributed by atoms with E-state index < -0.39 is 0 Å². The average Bonchev–Trinajstić information content (AvgIpc) is 2.45. The number of rotatable bonds is 6. The van der Waals surface area contributed by atoms with E-state index in [4.69, 9.17) is 22.7 Å². The summed E-state index contributed by atoms with van der Waals surface area (Å²) < 4.78 is 0. The summed E-state index contributed by atoms with van der Waals surface area (Å²) in [5.74, 6) is 0.303. The maximum atomic E-state index is 7.20. The summed E-state index contributed by atoms with van der Waals surface area (Å²) in [6.45, 7) is 5.44. The number of nitrogens with one attached hydrogen (secondary N) is 1. The highest BCUT2D eigenvalue weighted by molar-refractivity contribution is 6.30. The van der Waals surface area contributed by atoms with Crippen LogP contribution in [-0.2, 0) is 0 Å². The van der Waals surface area contributed by atoms with Gasteiger partial charge in [-0.3, -0.25) is 10.3 Å². The Hall–Kier alpha value is -1.26. The van der Waals surface area contributed by atoms with Gasteiger partial charge in [-0.25, -0.2) is 0 Å². The van der Waals surface area contributed by atoms with E-state index in [0.717, 1.165) is 57.0 Å². The molecule has 1 aliphatic rings. The molecule has 3 N–H and O–H groups in total. The maximum absolute atomic E-state index is 7.20. The highest BCUT2D eigenvalue weighted by atomic mass is 35.5. The second-order valence-corrected chi connectivity index (χ2v) is 5.72. The number of nitrogens with two attached hydrogens (primary N) is 1. The van der Waals surface area contributed by atoms with Crippen molar-refractivity contribution >= 4 is 23.1 Å². The Morgan fingerprint density at radius 3 is 2.35 bits per heavy atom. The molecule has 0 saturated carbocycles. The fraction of sp³-hybridized carbons (Fsp3) is 0.533. The Morgan fingerprint density at radius 1 is 1.10 bits per heavy atom. The van der Waals surface area contributed by atoms with Gasteiger partial charge in [-0.05, 0) is 43.7 Å². The number of unbranched alkanes of at least 4 members (excludes halogenated alkanes) is 1. The number of halogens is 1. The summed E-state index contributed by atoms with van der Waals surface area (Å²) in [4.78, 5) is 4.90. The number of amidine groups is 1. The van der Waals surface area contributed by atoms with Gasteiger partial charge in [0, 0.05) is 43.3 Å². The summed E-state index contributed by atoms with van der Waals surface area (Å²) in [5.41, 5.74) is 6.61. The molecule has 5 heteroatoms. The van der Waals surface area contributed by atoms with E-state index >= 15 is 0 Å². The molecular formula is C15H23ClN4. The fourth-order valence-electron chi connectivity index (χ4n) is 2.53. The molecule has 0 aromatic heterocycles. The number of hydrogen-bond acceptors (Lipinski definition) is 3. The summed E-state index contributed by atoms with van der Waals surface area (Å²) in [7, 11) is 0.